The van der Waals surface area contributed by atoms with Crippen LogP contribution in [0.4, 0.5) is 0 Å². The minimum Gasteiger partial charge on any atom is -0.304 e. The van der Waals surface area contributed by atoms with E-state index in [1.54, 1.807) is 7.05 Å². The molecule has 0 unspecified atom stereocenters. The van der Waals surface area contributed by atoms with Crippen LogP contribution in [0.15, 0.2) is 5.16 Å². The van der Waals surface area contributed by atoms with Gasteiger partial charge in [-0.1, -0.05) is 0 Å². The fourth-order valence-electron chi connectivity index (χ4n) is 1.27. The van der Waals surface area contributed by atoms with E-state index in [4.69, 9.17) is 5.14 Å². The van der Waals surface area contributed by atoms with Crippen LogP contribution in [0.1, 0.15) is 24.6 Å². The Labute approximate surface area is 75.8 Å². The highest BCUT2D eigenvalue weighted by molar-refractivity contribution is 7.89. The van der Waals surface area contributed by atoms with Crippen LogP contribution >= 0.6 is 0 Å². The molecule has 1 aromatic rings. The molecule has 1 aliphatic rings. The van der Waals surface area contributed by atoms with E-state index in [9.17, 15) is 8.42 Å². The molecule has 0 aromatic carbocycles. The van der Waals surface area contributed by atoms with E-state index in [-0.39, 0.29) is 5.16 Å². The third-order valence-corrected chi connectivity index (χ3v) is 2.93. The second-order valence-electron chi connectivity index (χ2n) is 3.22. The molecule has 1 saturated carbocycles. The first-order valence-corrected chi connectivity index (χ1v) is 5.47. The molecule has 2 rings (SSSR count). The molecule has 1 aromatic heterocycles. The monoisotopic (exact) mass is 202 g/mol. The minimum atomic E-state index is -3.73. The summed E-state index contributed by atoms with van der Waals surface area (Å²) in [5.74, 6) is 1.08. The van der Waals surface area contributed by atoms with Gasteiger partial charge < -0.3 is 4.57 Å². The molecule has 0 aliphatic heterocycles. The smallest absolute Gasteiger partial charge is 0.273 e. The predicted molar refractivity (Wildman–Crippen MR) is 44.4 cm³/mol. The van der Waals surface area contributed by atoms with Gasteiger partial charge in [-0.15, -0.1) is 10.2 Å². The van der Waals surface area contributed by atoms with Gasteiger partial charge >= 0.3 is 0 Å². The zero-order valence-corrected chi connectivity index (χ0v) is 7.95. The van der Waals surface area contributed by atoms with Crippen molar-refractivity contribution < 1.29 is 8.42 Å². The van der Waals surface area contributed by atoms with Gasteiger partial charge in [-0.05, 0) is 12.8 Å². The van der Waals surface area contributed by atoms with Gasteiger partial charge in [0, 0.05) is 13.0 Å². The zero-order chi connectivity index (χ0) is 9.64. The fraction of sp³-hybridized carbons (Fsp3) is 0.667. The summed E-state index contributed by atoms with van der Waals surface area (Å²) in [4.78, 5) is 0. The molecule has 0 atom stereocenters. The summed E-state index contributed by atoms with van der Waals surface area (Å²) in [5.41, 5.74) is 0. The lowest BCUT2D eigenvalue weighted by molar-refractivity contribution is 0.578. The number of nitrogens with two attached hydrogens (primary N) is 1. The number of sulfonamides is 1. The molecule has 1 aliphatic carbocycles. The molecule has 2 N–H and O–H groups in total. The number of primary sulfonamides is 1. The molecule has 0 spiro atoms. The summed E-state index contributed by atoms with van der Waals surface area (Å²) in [6.45, 7) is 0. The van der Waals surface area contributed by atoms with Crippen LogP contribution in [0.2, 0.25) is 0 Å². The molecule has 0 saturated heterocycles. The summed E-state index contributed by atoms with van der Waals surface area (Å²) < 4.78 is 23.4. The first-order valence-electron chi connectivity index (χ1n) is 3.92. The van der Waals surface area contributed by atoms with Crippen LogP contribution in [-0.4, -0.2) is 23.2 Å². The van der Waals surface area contributed by atoms with Gasteiger partial charge in [-0.2, -0.15) is 0 Å². The number of rotatable bonds is 2. The highest BCUT2D eigenvalue weighted by atomic mass is 32.2. The van der Waals surface area contributed by atoms with E-state index in [1.807, 2.05) is 0 Å². The average molecular weight is 202 g/mol. The molecule has 13 heavy (non-hydrogen) atoms. The second-order valence-corrected chi connectivity index (χ2v) is 4.67. The standard InChI is InChI=1S/C6H10N4O2S/c1-10-5(4-2-3-4)8-9-6(10)13(7,11)12/h4H,2-3H2,1H3,(H2,7,11,12). The highest BCUT2D eigenvalue weighted by Gasteiger charge is 2.31. The zero-order valence-electron chi connectivity index (χ0n) is 7.14. The topological polar surface area (TPSA) is 90.9 Å². The second kappa shape index (κ2) is 2.52. The Balaban J connectivity index is 2.50. The van der Waals surface area contributed by atoms with Gasteiger partial charge in [0.25, 0.3) is 15.2 Å². The first-order chi connectivity index (χ1) is 6.00. The minimum absolute atomic E-state index is 0.158. The van der Waals surface area contributed by atoms with Crippen molar-refractivity contribution in [2.24, 2.45) is 12.2 Å². The van der Waals surface area contributed by atoms with Gasteiger partial charge in [0.05, 0.1) is 0 Å². The average Bonchev–Trinajstić information content (AvgIpc) is 2.73. The van der Waals surface area contributed by atoms with E-state index in [0.29, 0.717) is 11.7 Å². The maximum absolute atomic E-state index is 11.0. The van der Waals surface area contributed by atoms with E-state index < -0.39 is 10.0 Å². The normalized spacial score (nSPS) is 17.7. The molecule has 0 radical (unpaired) electrons. The number of aromatic nitrogens is 3. The number of hydrogen-bond donors (Lipinski definition) is 1. The summed E-state index contributed by atoms with van der Waals surface area (Å²) in [5, 5.41) is 12.1. The molecule has 0 bridgehead atoms. The quantitative estimate of drug-likeness (QED) is 0.689. The largest absolute Gasteiger partial charge is 0.304 e. The van der Waals surface area contributed by atoms with Crippen molar-refractivity contribution in [3.05, 3.63) is 5.82 Å². The molecular formula is C6H10N4O2S. The third-order valence-electron chi connectivity index (χ3n) is 2.07. The van der Waals surface area contributed by atoms with Crippen LogP contribution in [-0.2, 0) is 17.1 Å². The van der Waals surface area contributed by atoms with Crippen LogP contribution in [0, 0.1) is 0 Å². The van der Waals surface area contributed by atoms with Crippen LogP contribution in [0.5, 0.6) is 0 Å². The molecular weight excluding hydrogens is 192 g/mol. The van der Waals surface area contributed by atoms with Crippen LogP contribution < -0.4 is 5.14 Å². The van der Waals surface area contributed by atoms with Crippen molar-refractivity contribution in [1.82, 2.24) is 14.8 Å². The van der Waals surface area contributed by atoms with Crippen LogP contribution in [0.25, 0.3) is 0 Å². The van der Waals surface area contributed by atoms with Crippen molar-refractivity contribution >= 4 is 10.0 Å². The van der Waals surface area contributed by atoms with Gasteiger partial charge in [-0.25, -0.2) is 13.6 Å². The lowest BCUT2D eigenvalue weighted by Gasteiger charge is -1.99. The van der Waals surface area contributed by atoms with Crippen molar-refractivity contribution in [1.29, 1.82) is 0 Å². The van der Waals surface area contributed by atoms with Crippen molar-refractivity contribution in [2.45, 2.75) is 23.9 Å². The fourth-order valence-corrected chi connectivity index (χ4v) is 1.90. The highest BCUT2D eigenvalue weighted by Crippen LogP contribution is 2.38. The lowest BCUT2D eigenvalue weighted by atomic mass is 10.4. The first kappa shape index (κ1) is 8.64. The van der Waals surface area contributed by atoms with Crippen molar-refractivity contribution in [3.63, 3.8) is 0 Å². The van der Waals surface area contributed by atoms with Crippen molar-refractivity contribution in [2.75, 3.05) is 0 Å². The Morgan fingerprint density at radius 2 is 2.08 bits per heavy atom. The van der Waals surface area contributed by atoms with E-state index in [1.165, 1.54) is 4.57 Å². The summed E-state index contributed by atoms with van der Waals surface area (Å²) in [7, 11) is -2.11. The molecule has 72 valence electrons. The Morgan fingerprint density at radius 1 is 1.46 bits per heavy atom. The molecule has 6 nitrogen and oxygen atoms in total. The van der Waals surface area contributed by atoms with Gasteiger partial charge in [-0.3, -0.25) is 0 Å². The summed E-state index contributed by atoms with van der Waals surface area (Å²) in [6, 6.07) is 0. The Morgan fingerprint density at radius 3 is 2.46 bits per heavy atom. The Kier molecular flexibility index (Phi) is 1.67. The molecule has 7 heteroatoms. The van der Waals surface area contributed by atoms with Crippen LogP contribution in [0.3, 0.4) is 0 Å². The number of hydrogen-bond acceptors (Lipinski definition) is 4. The number of nitrogens with zero attached hydrogens (tertiary/aromatic N) is 3. The molecule has 0 amide bonds. The van der Waals surface area contributed by atoms with E-state index in [2.05, 4.69) is 10.2 Å². The third kappa shape index (κ3) is 1.44. The Hall–Kier alpha value is -0.950. The van der Waals surface area contributed by atoms with E-state index in [0.717, 1.165) is 12.8 Å². The summed E-state index contributed by atoms with van der Waals surface area (Å²) in [6.07, 6.45) is 2.10. The van der Waals surface area contributed by atoms with E-state index >= 15 is 0 Å². The van der Waals surface area contributed by atoms with Crippen molar-refractivity contribution in [3.8, 4) is 0 Å². The SMILES string of the molecule is Cn1c(C2CC2)nnc1S(N)(=O)=O. The molecule has 1 fully saturated rings. The van der Waals surface area contributed by atoms with Gasteiger partial charge in [0.2, 0.25) is 0 Å². The van der Waals surface area contributed by atoms with Gasteiger partial charge in [0.1, 0.15) is 5.82 Å². The predicted octanol–water partition coefficient (Wildman–Crippen LogP) is -0.660. The van der Waals surface area contributed by atoms with Gasteiger partial charge in [0.15, 0.2) is 0 Å². The molecule has 1 heterocycles. The lowest BCUT2D eigenvalue weighted by Crippen LogP contribution is -2.17. The summed E-state index contributed by atoms with van der Waals surface area (Å²) >= 11 is 0. The maximum Gasteiger partial charge on any atom is 0.273 e. The maximum atomic E-state index is 11.0. The Bertz CT molecular complexity index is 431.